The van der Waals surface area contributed by atoms with Gasteiger partial charge in [-0.25, -0.2) is 0 Å². The number of nitrogens with zero attached hydrogens (tertiary/aromatic N) is 2. The third kappa shape index (κ3) is 5.50. The summed E-state index contributed by atoms with van der Waals surface area (Å²) in [5, 5.41) is 7.70. The molecule has 0 atom stereocenters. The van der Waals surface area contributed by atoms with Gasteiger partial charge in [0, 0.05) is 24.3 Å². The molecule has 23 heavy (non-hydrogen) atoms. The van der Waals surface area contributed by atoms with Crippen LogP contribution in [0, 0.1) is 19.8 Å². The smallest absolute Gasteiger partial charge is 0.225 e. The SMILES string of the molecule is CCC(CC)(CN)NC(=O)Cc1c(C)nn(CC(C)C)c1C.Cl. The highest BCUT2D eigenvalue weighted by molar-refractivity contribution is 5.85. The molecule has 1 heterocycles. The van der Waals surface area contributed by atoms with Crippen LogP contribution in [-0.2, 0) is 17.8 Å². The molecule has 0 saturated heterocycles. The number of amides is 1. The Kier molecular flexibility index (Phi) is 8.85. The lowest BCUT2D eigenvalue weighted by Crippen LogP contribution is -2.53. The molecule has 0 aliphatic rings. The van der Waals surface area contributed by atoms with Gasteiger partial charge in [-0.2, -0.15) is 5.10 Å². The van der Waals surface area contributed by atoms with Gasteiger partial charge in [0.05, 0.1) is 17.7 Å². The van der Waals surface area contributed by atoms with Gasteiger partial charge in [-0.3, -0.25) is 9.48 Å². The molecule has 134 valence electrons. The fraction of sp³-hybridized carbons (Fsp3) is 0.765. The van der Waals surface area contributed by atoms with E-state index in [0.29, 0.717) is 18.9 Å². The predicted octanol–water partition coefficient (Wildman–Crippen LogP) is 2.75. The summed E-state index contributed by atoms with van der Waals surface area (Å²) in [5.41, 5.74) is 8.65. The Morgan fingerprint density at radius 1 is 1.30 bits per heavy atom. The van der Waals surface area contributed by atoms with E-state index in [2.05, 4.69) is 38.1 Å². The molecule has 1 rings (SSSR count). The zero-order chi connectivity index (χ0) is 16.9. The minimum atomic E-state index is -0.285. The number of rotatable bonds is 8. The maximum atomic E-state index is 12.4. The van der Waals surface area contributed by atoms with Crippen molar-refractivity contribution in [3.8, 4) is 0 Å². The number of carbonyl (C=O) groups excluding carboxylic acids is 1. The van der Waals surface area contributed by atoms with E-state index in [1.165, 1.54) is 0 Å². The second kappa shape index (κ2) is 9.28. The molecule has 0 aromatic carbocycles. The van der Waals surface area contributed by atoms with Gasteiger partial charge in [0.15, 0.2) is 0 Å². The van der Waals surface area contributed by atoms with Crippen molar-refractivity contribution in [1.82, 2.24) is 15.1 Å². The van der Waals surface area contributed by atoms with E-state index in [-0.39, 0.29) is 23.9 Å². The number of carbonyl (C=O) groups is 1. The van der Waals surface area contributed by atoms with Crippen molar-refractivity contribution in [2.45, 2.75) is 72.9 Å². The van der Waals surface area contributed by atoms with Gasteiger partial charge < -0.3 is 11.1 Å². The number of halogens is 1. The zero-order valence-electron chi connectivity index (χ0n) is 15.4. The Labute approximate surface area is 146 Å². The van der Waals surface area contributed by atoms with Crippen molar-refractivity contribution >= 4 is 18.3 Å². The third-order valence-electron chi connectivity index (χ3n) is 4.56. The first-order valence-electron chi connectivity index (χ1n) is 8.32. The summed E-state index contributed by atoms with van der Waals surface area (Å²) in [5.74, 6) is 0.564. The van der Waals surface area contributed by atoms with Crippen LogP contribution in [0.25, 0.3) is 0 Å². The lowest BCUT2D eigenvalue weighted by Gasteiger charge is -2.31. The number of hydrogen-bond acceptors (Lipinski definition) is 3. The van der Waals surface area contributed by atoms with Crippen molar-refractivity contribution < 1.29 is 4.79 Å². The predicted molar refractivity (Wildman–Crippen MR) is 98.0 cm³/mol. The Morgan fingerprint density at radius 3 is 2.30 bits per heavy atom. The van der Waals surface area contributed by atoms with Gasteiger partial charge in [-0.1, -0.05) is 27.7 Å². The molecule has 0 aliphatic heterocycles. The van der Waals surface area contributed by atoms with E-state index in [1.54, 1.807) is 0 Å². The van der Waals surface area contributed by atoms with Crippen molar-refractivity contribution in [1.29, 1.82) is 0 Å². The molecule has 1 aromatic heterocycles. The third-order valence-corrected chi connectivity index (χ3v) is 4.56. The Balaban J connectivity index is 0.00000484. The Morgan fingerprint density at radius 2 is 1.87 bits per heavy atom. The van der Waals surface area contributed by atoms with Gasteiger partial charge >= 0.3 is 0 Å². The number of nitrogens with one attached hydrogen (secondary N) is 1. The zero-order valence-corrected chi connectivity index (χ0v) is 16.2. The molecule has 0 bridgehead atoms. The van der Waals surface area contributed by atoms with Crippen LogP contribution < -0.4 is 11.1 Å². The molecule has 3 N–H and O–H groups in total. The van der Waals surface area contributed by atoms with E-state index in [1.807, 2.05) is 18.5 Å². The van der Waals surface area contributed by atoms with Gasteiger partial charge in [0.25, 0.3) is 0 Å². The van der Waals surface area contributed by atoms with Crippen molar-refractivity contribution in [2.24, 2.45) is 11.7 Å². The standard InChI is InChI=1S/C17H32N4O.ClH/c1-7-17(8-2,11-18)19-16(22)9-15-13(5)20-21(14(15)6)10-12(3)4;/h12H,7-11,18H2,1-6H3,(H,19,22);1H. The van der Waals surface area contributed by atoms with E-state index < -0.39 is 0 Å². The first kappa shape index (κ1) is 21.9. The first-order chi connectivity index (χ1) is 10.3. The highest BCUT2D eigenvalue weighted by Gasteiger charge is 2.27. The number of aryl methyl sites for hydroxylation is 1. The summed E-state index contributed by atoms with van der Waals surface area (Å²) in [7, 11) is 0. The van der Waals surface area contributed by atoms with Crippen LogP contribution in [0.1, 0.15) is 57.5 Å². The molecular weight excluding hydrogens is 312 g/mol. The Bertz CT molecular complexity index is 499. The monoisotopic (exact) mass is 344 g/mol. The van der Waals surface area contributed by atoms with Crippen LogP contribution in [0.4, 0.5) is 0 Å². The summed E-state index contributed by atoms with van der Waals surface area (Å²) in [6, 6.07) is 0. The van der Waals surface area contributed by atoms with Crippen LogP contribution in [0.15, 0.2) is 0 Å². The minimum absolute atomic E-state index is 0. The largest absolute Gasteiger partial charge is 0.349 e. The van der Waals surface area contributed by atoms with Gasteiger partial charge in [0.1, 0.15) is 0 Å². The van der Waals surface area contributed by atoms with Gasteiger partial charge in [-0.15, -0.1) is 12.4 Å². The molecule has 1 aromatic rings. The van der Waals surface area contributed by atoms with E-state index in [4.69, 9.17) is 5.73 Å². The molecule has 0 aliphatic carbocycles. The van der Waals surface area contributed by atoms with Crippen LogP contribution in [-0.4, -0.2) is 27.8 Å². The van der Waals surface area contributed by atoms with E-state index in [0.717, 1.165) is 36.3 Å². The summed E-state index contributed by atoms with van der Waals surface area (Å²) in [4.78, 5) is 12.4. The molecular formula is C17H33ClN4O. The quantitative estimate of drug-likeness (QED) is 0.761. The highest BCUT2D eigenvalue weighted by atomic mass is 35.5. The summed E-state index contributed by atoms with van der Waals surface area (Å²) < 4.78 is 2.01. The molecule has 5 nitrogen and oxygen atoms in total. The molecule has 0 saturated carbocycles. The van der Waals surface area contributed by atoms with Gasteiger partial charge in [0.2, 0.25) is 5.91 Å². The average Bonchev–Trinajstić information content (AvgIpc) is 2.72. The highest BCUT2D eigenvalue weighted by Crippen LogP contribution is 2.17. The van der Waals surface area contributed by atoms with Gasteiger partial charge in [-0.05, 0) is 32.6 Å². The molecule has 1 amide bonds. The summed E-state index contributed by atoms with van der Waals surface area (Å²) in [6.07, 6.45) is 2.06. The minimum Gasteiger partial charge on any atom is -0.349 e. The van der Waals surface area contributed by atoms with Crippen molar-refractivity contribution in [2.75, 3.05) is 6.54 Å². The first-order valence-corrected chi connectivity index (χ1v) is 8.32. The molecule has 0 radical (unpaired) electrons. The Hall–Kier alpha value is -1.07. The maximum absolute atomic E-state index is 12.4. The summed E-state index contributed by atoms with van der Waals surface area (Å²) in [6.45, 7) is 13.8. The topological polar surface area (TPSA) is 72.9 Å². The van der Waals surface area contributed by atoms with E-state index >= 15 is 0 Å². The molecule has 6 heteroatoms. The fourth-order valence-corrected chi connectivity index (χ4v) is 2.78. The van der Waals surface area contributed by atoms with Crippen LogP contribution in [0.3, 0.4) is 0 Å². The number of nitrogens with two attached hydrogens (primary N) is 1. The maximum Gasteiger partial charge on any atom is 0.225 e. The number of aromatic nitrogens is 2. The normalized spacial score (nSPS) is 11.5. The molecule has 0 fully saturated rings. The number of hydrogen-bond donors (Lipinski definition) is 2. The average molecular weight is 345 g/mol. The lowest BCUT2D eigenvalue weighted by atomic mass is 9.92. The lowest BCUT2D eigenvalue weighted by molar-refractivity contribution is -0.122. The second-order valence-electron chi connectivity index (χ2n) is 6.64. The molecule has 0 spiro atoms. The summed E-state index contributed by atoms with van der Waals surface area (Å²) >= 11 is 0. The van der Waals surface area contributed by atoms with Crippen LogP contribution in [0.5, 0.6) is 0 Å². The fourth-order valence-electron chi connectivity index (χ4n) is 2.78. The van der Waals surface area contributed by atoms with Crippen LogP contribution >= 0.6 is 12.4 Å². The van der Waals surface area contributed by atoms with Crippen molar-refractivity contribution in [3.05, 3.63) is 17.0 Å². The molecule has 0 unspecified atom stereocenters. The second-order valence-corrected chi connectivity index (χ2v) is 6.64. The van der Waals surface area contributed by atoms with E-state index in [9.17, 15) is 4.79 Å². The van der Waals surface area contributed by atoms with Crippen molar-refractivity contribution in [3.63, 3.8) is 0 Å². The van der Waals surface area contributed by atoms with Crippen LogP contribution in [0.2, 0.25) is 0 Å².